The van der Waals surface area contributed by atoms with Gasteiger partial charge in [-0.3, -0.25) is 19.7 Å². The first-order valence-corrected chi connectivity index (χ1v) is 11.4. The van der Waals surface area contributed by atoms with Gasteiger partial charge in [-0.2, -0.15) is 0 Å². The van der Waals surface area contributed by atoms with Crippen LogP contribution in [0.2, 0.25) is 0 Å². The quantitative estimate of drug-likeness (QED) is 0.313. The number of piperazine rings is 1. The van der Waals surface area contributed by atoms with E-state index in [1.807, 2.05) is 0 Å². The molecule has 0 aromatic heterocycles. The second-order valence-electron chi connectivity index (χ2n) is 7.34. The number of carbonyl (C=O) groups excluding carboxylic acids is 3. The Hall–Kier alpha value is -2.20. The molecule has 0 bridgehead atoms. The maximum absolute atomic E-state index is 12.9. The van der Waals surface area contributed by atoms with Crippen LogP contribution in [0.3, 0.4) is 0 Å². The number of ether oxygens (including phenoxy) is 2. The average Bonchev–Trinajstić information content (AvgIpc) is 2.70. The van der Waals surface area contributed by atoms with Crippen LogP contribution < -0.4 is 15.4 Å². The summed E-state index contributed by atoms with van der Waals surface area (Å²) in [4.78, 5) is 39.0. The van der Waals surface area contributed by atoms with Crippen molar-refractivity contribution in [2.75, 3.05) is 19.7 Å². The topological polar surface area (TPSA) is 97.0 Å². The Morgan fingerprint density at radius 1 is 1.39 bits per heavy atom. The monoisotopic (exact) mass is 513 g/mol. The van der Waals surface area contributed by atoms with Crippen molar-refractivity contribution in [1.82, 2.24) is 15.5 Å². The lowest BCUT2D eigenvalue weighted by molar-refractivity contribution is -0.150. The summed E-state index contributed by atoms with van der Waals surface area (Å²) in [6, 6.07) is 4.31. The molecule has 170 valence electrons. The predicted octanol–water partition coefficient (Wildman–Crippen LogP) is 2.78. The summed E-state index contributed by atoms with van der Waals surface area (Å²) in [6.07, 6.45) is 1.39. The molecule has 1 aliphatic heterocycles. The fraction of sp³-hybridized carbons (Fsp3) is 0.524. The van der Waals surface area contributed by atoms with E-state index in [1.165, 1.54) is 0 Å². The Morgan fingerprint density at radius 3 is 2.81 bits per heavy atom. The summed E-state index contributed by atoms with van der Waals surface area (Å²) in [7, 11) is 0. The van der Waals surface area contributed by atoms with Gasteiger partial charge in [-0.05, 0) is 50.7 Å². The van der Waals surface area contributed by atoms with E-state index in [0.29, 0.717) is 31.0 Å². The maximum atomic E-state index is 12.9. The van der Waals surface area contributed by atoms with Crippen molar-refractivity contribution in [1.29, 1.82) is 0 Å². The minimum atomic E-state index is -0.851. The number of unbranched alkanes of at least 4 members (excludes halogenated alkanes) is 1. The van der Waals surface area contributed by atoms with Gasteiger partial charge in [0.1, 0.15) is 11.8 Å². The van der Waals surface area contributed by atoms with Gasteiger partial charge in [0.2, 0.25) is 5.91 Å². The molecule has 0 spiro atoms. The summed E-state index contributed by atoms with van der Waals surface area (Å²) in [5.74, 6) is -0.845. The van der Waals surface area contributed by atoms with Crippen LogP contribution in [-0.4, -0.2) is 59.6 Å². The van der Waals surface area contributed by atoms with Crippen molar-refractivity contribution in [3.63, 3.8) is 0 Å². The second kappa shape index (κ2) is 12.0. The van der Waals surface area contributed by atoms with Crippen molar-refractivity contribution < 1.29 is 23.9 Å². The molecule has 0 aliphatic carbocycles. The Labute approximate surface area is 196 Å². The van der Waals surface area contributed by atoms with E-state index in [2.05, 4.69) is 33.5 Å². The first-order valence-electron chi connectivity index (χ1n) is 10.2. The minimum Gasteiger partial charge on any atom is -0.493 e. The Kier molecular flexibility index (Phi) is 9.70. The number of benzene rings is 1. The van der Waals surface area contributed by atoms with Crippen molar-refractivity contribution in [3.05, 3.63) is 28.2 Å². The average molecular weight is 514 g/mol. The van der Waals surface area contributed by atoms with E-state index in [1.54, 1.807) is 36.9 Å². The number of carbonyl (C=O) groups is 3. The number of halogens is 1. The summed E-state index contributed by atoms with van der Waals surface area (Å²) in [5, 5.41) is 5.46. The van der Waals surface area contributed by atoms with Crippen LogP contribution in [0.25, 0.3) is 0 Å². The van der Waals surface area contributed by atoms with E-state index in [9.17, 15) is 14.4 Å². The molecule has 1 aromatic rings. The third kappa shape index (κ3) is 7.46. The van der Waals surface area contributed by atoms with Crippen molar-refractivity contribution in [2.45, 2.75) is 52.2 Å². The van der Waals surface area contributed by atoms with Gasteiger partial charge in [-0.1, -0.05) is 29.3 Å². The molecule has 2 N–H and O–H groups in total. The van der Waals surface area contributed by atoms with Gasteiger partial charge in [0, 0.05) is 17.6 Å². The lowest BCUT2D eigenvalue weighted by Gasteiger charge is -2.36. The minimum absolute atomic E-state index is 0.0710. The van der Waals surface area contributed by atoms with Gasteiger partial charge in [-0.15, -0.1) is 0 Å². The first kappa shape index (κ1) is 25.1. The van der Waals surface area contributed by atoms with E-state index in [4.69, 9.17) is 21.7 Å². The van der Waals surface area contributed by atoms with Crippen molar-refractivity contribution >= 4 is 51.0 Å². The van der Waals surface area contributed by atoms with Crippen LogP contribution in [0.1, 0.15) is 50.4 Å². The number of esters is 1. The van der Waals surface area contributed by atoms with Crippen LogP contribution in [0.5, 0.6) is 5.75 Å². The smallest absolute Gasteiger partial charge is 0.308 e. The van der Waals surface area contributed by atoms with Crippen LogP contribution in [0.4, 0.5) is 0 Å². The van der Waals surface area contributed by atoms with Crippen LogP contribution >= 0.6 is 28.1 Å². The highest BCUT2D eigenvalue weighted by molar-refractivity contribution is 9.10. The standard InChI is InChI=1S/C21H28BrN3O5S/c1-4-5-10-29-17-7-6-14(22)11-15(17)19(27)24-21(31)25-9-8-23-20(28)16(25)12-18(26)30-13(2)3/h6-7,11,13,16H,4-5,8-10,12H2,1-3H3,(H,23,28)(H,24,27,31). The number of rotatable bonds is 8. The molecule has 1 heterocycles. The van der Waals surface area contributed by atoms with Gasteiger partial charge in [0.15, 0.2) is 5.11 Å². The van der Waals surface area contributed by atoms with Crippen LogP contribution in [-0.2, 0) is 14.3 Å². The molecular formula is C21H28BrN3O5S. The molecule has 1 saturated heterocycles. The maximum Gasteiger partial charge on any atom is 0.308 e. The predicted molar refractivity (Wildman–Crippen MR) is 124 cm³/mol. The Morgan fingerprint density at radius 2 is 2.13 bits per heavy atom. The third-order valence-electron chi connectivity index (χ3n) is 4.48. The zero-order chi connectivity index (χ0) is 23.0. The Bertz CT molecular complexity index is 833. The summed E-state index contributed by atoms with van der Waals surface area (Å²) in [5.41, 5.74) is 0.324. The molecular weight excluding hydrogens is 486 g/mol. The highest BCUT2D eigenvalue weighted by Gasteiger charge is 2.34. The zero-order valence-electron chi connectivity index (χ0n) is 17.9. The van der Waals surface area contributed by atoms with E-state index in [-0.39, 0.29) is 23.5 Å². The van der Waals surface area contributed by atoms with E-state index in [0.717, 1.165) is 17.3 Å². The summed E-state index contributed by atoms with van der Waals surface area (Å²) < 4.78 is 11.6. The molecule has 1 aliphatic rings. The fourth-order valence-corrected chi connectivity index (χ4v) is 3.67. The summed E-state index contributed by atoms with van der Waals surface area (Å²) in [6.45, 7) is 6.74. The molecule has 0 radical (unpaired) electrons. The van der Waals surface area contributed by atoms with Gasteiger partial charge in [-0.25, -0.2) is 0 Å². The number of nitrogens with zero attached hydrogens (tertiary/aromatic N) is 1. The van der Waals surface area contributed by atoms with Gasteiger partial charge >= 0.3 is 5.97 Å². The second-order valence-corrected chi connectivity index (χ2v) is 8.65. The molecule has 1 fully saturated rings. The van der Waals surface area contributed by atoms with Gasteiger partial charge in [0.25, 0.3) is 5.91 Å². The molecule has 8 nitrogen and oxygen atoms in total. The number of hydrogen-bond acceptors (Lipinski definition) is 6. The molecule has 1 atom stereocenters. The van der Waals surface area contributed by atoms with Crippen LogP contribution in [0, 0.1) is 0 Å². The molecule has 0 saturated carbocycles. The molecule has 1 aromatic carbocycles. The molecule has 1 unspecified atom stereocenters. The number of thiocarbonyl (C=S) groups is 1. The summed E-state index contributed by atoms with van der Waals surface area (Å²) >= 11 is 8.78. The first-order chi connectivity index (χ1) is 14.7. The van der Waals surface area contributed by atoms with Crippen LogP contribution in [0.15, 0.2) is 22.7 Å². The third-order valence-corrected chi connectivity index (χ3v) is 5.31. The van der Waals surface area contributed by atoms with E-state index >= 15 is 0 Å². The molecule has 31 heavy (non-hydrogen) atoms. The number of nitrogens with one attached hydrogen (secondary N) is 2. The lowest BCUT2D eigenvalue weighted by Crippen LogP contribution is -2.60. The molecule has 2 rings (SSSR count). The molecule has 10 heteroatoms. The fourth-order valence-electron chi connectivity index (χ4n) is 3.00. The number of amides is 2. The zero-order valence-corrected chi connectivity index (χ0v) is 20.3. The largest absolute Gasteiger partial charge is 0.493 e. The Balaban J connectivity index is 2.13. The number of hydrogen-bond donors (Lipinski definition) is 2. The van der Waals surface area contributed by atoms with Crippen molar-refractivity contribution in [3.8, 4) is 5.75 Å². The van der Waals surface area contributed by atoms with Gasteiger partial charge < -0.3 is 19.7 Å². The lowest BCUT2D eigenvalue weighted by atomic mass is 10.1. The van der Waals surface area contributed by atoms with Crippen molar-refractivity contribution in [2.24, 2.45) is 0 Å². The highest BCUT2D eigenvalue weighted by Crippen LogP contribution is 2.24. The van der Waals surface area contributed by atoms with Gasteiger partial charge in [0.05, 0.1) is 24.7 Å². The van der Waals surface area contributed by atoms with E-state index < -0.39 is 17.9 Å². The highest BCUT2D eigenvalue weighted by atomic mass is 79.9. The SMILES string of the molecule is CCCCOc1ccc(Br)cc1C(=O)NC(=S)N1CCNC(=O)C1CC(=O)OC(C)C. The normalized spacial score (nSPS) is 16.0. The molecule has 2 amide bonds.